The Morgan fingerprint density at radius 2 is 1.88 bits per heavy atom. The Hall–Kier alpha value is -3.49. The first-order valence-electron chi connectivity index (χ1n) is 10.3. The average Bonchev–Trinajstić information content (AvgIpc) is 3.28. The van der Waals surface area contributed by atoms with Crippen LogP contribution in [0, 0.1) is 0 Å². The minimum absolute atomic E-state index is 0.0299. The van der Waals surface area contributed by atoms with Crippen LogP contribution in [0.2, 0.25) is 0 Å². The van der Waals surface area contributed by atoms with Crippen LogP contribution in [0.4, 0.5) is 5.88 Å². The lowest BCUT2D eigenvalue weighted by Gasteiger charge is -2.22. The van der Waals surface area contributed by atoms with E-state index in [0.717, 1.165) is 5.56 Å². The van der Waals surface area contributed by atoms with E-state index in [1.54, 1.807) is 18.2 Å². The number of ether oxygens (including phenoxy) is 1. The van der Waals surface area contributed by atoms with Crippen molar-refractivity contribution in [3.63, 3.8) is 0 Å². The van der Waals surface area contributed by atoms with Crippen molar-refractivity contribution < 1.29 is 19.2 Å². The molecule has 1 heterocycles. The number of carbonyl (C=O) groups is 1. The van der Waals surface area contributed by atoms with Gasteiger partial charge in [-0.15, -0.1) is 0 Å². The third-order valence-corrected chi connectivity index (χ3v) is 5.04. The summed E-state index contributed by atoms with van der Waals surface area (Å²) in [4.78, 5) is 17.0. The van der Waals surface area contributed by atoms with Gasteiger partial charge in [0.2, 0.25) is 5.88 Å². The molecule has 0 aliphatic carbocycles. The monoisotopic (exact) mass is 436 g/mol. The highest BCUT2D eigenvalue weighted by Crippen LogP contribution is 2.32. The Labute approximate surface area is 187 Å². The highest BCUT2D eigenvalue weighted by Gasteiger charge is 2.28. The molecule has 0 aliphatic rings. The van der Waals surface area contributed by atoms with E-state index >= 15 is 0 Å². The van der Waals surface area contributed by atoms with Crippen LogP contribution < -0.4 is 11.1 Å². The maximum Gasteiger partial charge on any atom is 0.231 e. The zero-order valence-corrected chi connectivity index (χ0v) is 18.2. The summed E-state index contributed by atoms with van der Waals surface area (Å²) in [5, 5.41) is 15.7. The SMILES string of the molecule is CC(C)(c1cccc(C(=O)c2ccccc2)c1)c1cc(NC(N)=NCCOCCO)on1. The van der Waals surface area contributed by atoms with Gasteiger partial charge in [-0.3, -0.25) is 15.1 Å². The number of rotatable bonds is 10. The van der Waals surface area contributed by atoms with E-state index in [9.17, 15) is 4.79 Å². The lowest BCUT2D eigenvalue weighted by molar-refractivity contribution is 0.0978. The van der Waals surface area contributed by atoms with Crippen molar-refractivity contribution in [1.82, 2.24) is 5.16 Å². The van der Waals surface area contributed by atoms with E-state index in [2.05, 4.69) is 15.5 Å². The summed E-state index contributed by atoms with van der Waals surface area (Å²) in [5.74, 6) is 0.508. The summed E-state index contributed by atoms with van der Waals surface area (Å²) in [6.45, 7) is 4.97. The van der Waals surface area contributed by atoms with Gasteiger partial charge in [0.15, 0.2) is 11.7 Å². The minimum atomic E-state index is -0.513. The van der Waals surface area contributed by atoms with Crippen molar-refractivity contribution in [1.29, 1.82) is 0 Å². The van der Waals surface area contributed by atoms with Crippen LogP contribution in [-0.2, 0) is 10.2 Å². The number of benzene rings is 2. The highest BCUT2D eigenvalue weighted by molar-refractivity contribution is 6.09. The summed E-state index contributed by atoms with van der Waals surface area (Å²) in [6, 6.07) is 18.5. The van der Waals surface area contributed by atoms with Crippen molar-refractivity contribution in [3.8, 4) is 0 Å². The zero-order chi connectivity index (χ0) is 23.0. The molecule has 4 N–H and O–H groups in total. The predicted molar refractivity (Wildman–Crippen MR) is 123 cm³/mol. The zero-order valence-electron chi connectivity index (χ0n) is 18.2. The van der Waals surface area contributed by atoms with Crippen LogP contribution in [0.3, 0.4) is 0 Å². The molecule has 0 saturated heterocycles. The minimum Gasteiger partial charge on any atom is -0.394 e. The van der Waals surface area contributed by atoms with Gasteiger partial charge in [-0.25, -0.2) is 0 Å². The number of aromatic nitrogens is 1. The summed E-state index contributed by atoms with van der Waals surface area (Å²) >= 11 is 0. The fourth-order valence-electron chi connectivity index (χ4n) is 3.14. The third kappa shape index (κ3) is 5.81. The van der Waals surface area contributed by atoms with Crippen LogP contribution in [0.1, 0.15) is 41.0 Å². The first-order valence-corrected chi connectivity index (χ1v) is 10.3. The van der Waals surface area contributed by atoms with Gasteiger partial charge < -0.3 is 20.1 Å². The molecular formula is C24H28N4O4. The van der Waals surface area contributed by atoms with Crippen molar-refractivity contribution in [2.75, 3.05) is 31.7 Å². The van der Waals surface area contributed by atoms with Gasteiger partial charge in [-0.2, -0.15) is 0 Å². The third-order valence-electron chi connectivity index (χ3n) is 5.04. The number of nitrogens with one attached hydrogen (secondary N) is 1. The van der Waals surface area contributed by atoms with Crippen LogP contribution in [-0.4, -0.2) is 48.4 Å². The average molecular weight is 437 g/mol. The Bertz CT molecular complexity index is 1060. The lowest BCUT2D eigenvalue weighted by atomic mass is 9.80. The van der Waals surface area contributed by atoms with E-state index in [4.69, 9.17) is 20.1 Å². The standard InChI is InChI=1S/C24H28N4O4/c1-24(2,19-10-6-9-18(15-19)22(30)17-7-4-3-5-8-17)20-16-21(32-28-20)27-23(25)26-11-13-31-14-12-29/h3-10,15-16,29H,11-14H2,1-2H3,(H3,25,26,27). The number of carbonyl (C=O) groups excluding carboxylic acids is 1. The van der Waals surface area contributed by atoms with Gasteiger partial charge in [0, 0.05) is 22.6 Å². The molecule has 0 amide bonds. The van der Waals surface area contributed by atoms with Crippen LogP contribution in [0.5, 0.6) is 0 Å². The molecule has 8 heteroatoms. The molecule has 0 saturated carbocycles. The molecule has 0 spiro atoms. The molecule has 0 radical (unpaired) electrons. The Morgan fingerprint density at radius 1 is 1.12 bits per heavy atom. The number of guanidine groups is 1. The summed E-state index contributed by atoms with van der Waals surface area (Å²) in [6.07, 6.45) is 0. The fraction of sp³-hybridized carbons (Fsp3) is 0.292. The molecule has 168 valence electrons. The predicted octanol–water partition coefficient (Wildman–Crippen LogP) is 2.97. The van der Waals surface area contributed by atoms with E-state index < -0.39 is 5.41 Å². The molecule has 0 fully saturated rings. The van der Waals surface area contributed by atoms with Gasteiger partial charge in [0.1, 0.15) is 0 Å². The van der Waals surface area contributed by atoms with E-state index in [1.165, 1.54) is 0 Å². The maximum atomic E-state index is 12.8. The first kappa shape index (κ1) is 23.2. The molecule has 32 heavy (non-hydrogen) atoms. The van der Waals surface area contributed by atoms with Crippen molar-refractivity contribution in [2.45, 2.75) is 19.3 Å². The quantitative estimate of drug-likeness (QED) is 0.193. The lowest BCUT2D eigenvalue weighted by Crippen LogP contribution is -2.23. The largest absolute Gasteiger partial charge is 0.394 e. The molecule has 0 aliphatic heterocycles. The van der Waals surface area contributed by atoms with E-state index in [0.29, 0.717) is 35.9 Å². The van der Waals surface area contributed by atoms with Crippen LogP contribution in [0.25, 0.3) is 0 Å². The second kappa shape index (κ2) is 10.7. The van der Waals surface area contributed by atoms with Crippen LogP contribution >= 0.6 is 0 Å². The number of aliphatic hydroxyl groups is 1. The Kier molecular flexibility index (Phi) is 7.75. The van der Waals surface area contributed by atoms with Gasteiger partial charge in [0.25, 0.3) is 0 Å². The molecule has 8 nitrogen and oxygen atoms in total. The van der Waals surface area contributed by atoms with E-state index in [-0.39, 0.29) is 25.0 Å². The number of ketones is 1. The molecular weight excluding hydrogens is 408 g/mol. The molecule has 0 atom stereocenters. The van der Waals surface area contributed by atoms with Crippen LogP contribution in [0.15, 0.2) is 70.2 Å². The molecule has 2 aromatic carbocycles. The van der Waals surface area contributed by atoms with Gasteiger partial charge in [-0.1, -0.05) is 67.5 Å². The summed E-state index contributed by atoms with van der Waals surface area (Å²) in [7, 11) is 0. The number of aliphatic hydroxyl groups excluding tert-OH is 1. The number of hydrogen-bond acceptors (Lipinski definition) is 6. The molecule has 3 rings (SSSR count). The van der Waals surface area contributed by atoms with Gasteiger partial charge in [-0.05, 0) is 11.6 Å². The number of hydrogen-bond donors (Lipinski definition) is 3. The number of aliphatic imine (C=N–C) groups is 1. The smallest absolute Gasteiger partial charge is 0.231 e. The molecule has 0 bridgehead atoms. The second-order valence-corrected chi connectivity index (χ2v) is 7.71. The maximum absolute atomic E-state index is 12.8. The number of nitrogens with two attached hydrogens (primary N) is 1. The van der Waals surface area contributed by atoms with Crippen molar-refractivity contribution in [3.05, 3.63) is 83.0 Å². The summed E-state index contributed by atoms with van der Waals surface area (Å²) in [5.41, 5.74) is 8.23. The van der Waals surface area contributed by atoms with Gasteiger partial charge in [0.05, 0.1) is 32.1 Å². The molecule has 0 unspecified atom stereocenters. The Balaban J connectivity index is 1.71. The van der Waals surface area contributed by atoms with E-state index in [1.807, 2.05) is 56.3 Å². The number of anilines is 1. The van der Waals surface area contributed by atoms with Gasteiger partial charge >= 0.3 is 0 Å². The highest BCUT2D eigenvalue weighted by atomic mass is 16.5. The molecule has 1 aromatic heterocycles. The van der Waals surface area contributed by atoms with Crippen molar-refractivity contribution >= 4 is 17.6 Å². The normalized spacial score (nSPS) is 12.0. The summed E-state index contributed by atoms with van der Waals surface area (Å²) < 4.78 is 10.5. The second-order valence-electron chi connectivity index (χ2n) is 7.71. The Morgan fingerprint density at radius 3 is 2.62 bits per heavy atom. The first-order chi connectivity index (χ1) is 15.4. The molecule has 3 aromatic rings. The van der Waals surface area contributed by atoms with Crippen molar-refractivity contribution in [2.24, 2.45) is 10.7 Å². The topological polar surface area (TPSA) is 123 Å². The number of nitrogens with zero attached hydrogens (tertiary/aromatic N) is 2. The fourth-order valence-corrected chi connectivity index (χ4v) is 3.14.